The SMILES string of the molecule is CC=C(C)O[Si](OCC)(OCC)OCC. The molecule has 0 aromatic carbocycles. The fourth-order valence-corrected chi connectivity index (χ4v) is 3.00. The summed E-state index contributed by atoms with van der Waals surface area (Å²) in [7, 11) is -2.95. The second kappa shape index (κ2) is 7.87. The van der Waals surface area contributed by atoms with Crippen molar-refractivity contribution >= 4 is 9.05 Å². The minimum atomic E-state index is -2.95. The van der Waals surface area contributed by atoms with Gasteiger partial charge in [-0.1, -0.05) is 6.08 Å². The van der Waals surface area contributed by atoms with E-state index in [-0.39, 0.29) is 0 Å². The van der Waals surface area contributed by atoms with Crippen molar-refractivity contribution in [2.24, 2.45) is 0 Å². The van der Waals surface area contributed by atoms with Gasteiger partial charge in [-0.15, -0.1) is 0 Å². The summed E-state index contributed by atoms with van der Waals surface area (Å²) in [6.45, 7) is 11.0. The third-order valence-electron chi connectivity index (χ3n) is 1.66. The van der Waals surface area contributed by atoms with E-state index >= 15 is 0 Å². The molecule has 0 aromatic rings. The molecule has 0 saturated carbocycles. The third kappa shape index (κ3) is 5.32. The van der Waals surface area contributed by atoms with Gasteiger partial charge in [0.1, 0.15) is 0 Å². The van der Waals surface area contributed by atoms with Gasteiger partial charge in [-0.3, -0.25) is 0 Å². The van der Waals surface area contributed by atoms with Crippen LogP contribution < -0.4 is 0 Å². The van der Waals surface area contributed by atoms with E-state index in [0.717, 1.165) is 5.76 Å². The summed E-state index contributed by atoms with van der Waals surface area (Å²) in [6, 6.07) is 0. The van der Waals surface area contributed by atoms with Gasteiger partial charge in [-0.25, -0.2) is 0 Å². The summed E-state index contributed by atoms with van der Waals surface area (Å²) < 4.78 is 22.2. The van der Waals surface area contributed by atoms with E-state index < -0.39 is 9.05 Å². The highest BCUT2D eigenvalue weighted by atomic mass is 28.4. The summed E-state index contributed by atoms with van der Waals surface area (Å²) in [5.74, 6) is 0.761. The van der Waals surface area contributed by atoms with Crippen LogP contribution in [0.25, 0.3) is 0 Å². The second-order valence-corrected chi connectivity index (χ2v) is 4.87. The molecule has 0 atom stereocenters. The summed E-state index contributed by atoms with van der Waals surface area (Å²) in [4.78, 5) is 0. The molecule has 0 aliphatic carbocycles. The summed E-state index contributed by atoms with van der Waals surface area (Å²) in [5.41, 5.74) is 0. The van der Waals surface area contributed by atoms with Crippen molar-refractivity contribution in [1.82, 2.24) is 0 Å². The van der Waals surface area contributed by atoms with Crippen LogP contribution in [0.3, 0.4) is 0 Å². The van der Waals surface area contributed by atoms with Gasteiger partial charge < -0.3 is 17.7 Å². The second-order valence-electron chi connectivity index (χ2n) is 2.80. The van der Waals surface area contributed by atoms with Gasteiger partial charge in [0, 0.05) is 19.8 Å². The number of rotatable bonds is 8. The molecule has 0 unspecified atom stereocenters. The van der Waals surface area contributed by atoms with Crippen molar-refractivity contribution in [3.8, 4) is 0 Å². The van der Waals surface area contributed by atoms with Gasteiger partial charge in [0.05, 0.1) is 5.76 Å². The van der Waals surface area contributed by atoms with Crippen LogP contribution in [0, 0.1) is 0 Å². The van der Waals surface area contributed by atoms with Gasteiger partial charge >= 0.3 is 9.05 Å². The van der Waals surface area contributed by atoms with Crippen LogP contribution in [-0.4, -0.2) is 28.9 Å². The highest BCUT2D eigenvalue weighted by molar-refractivity contribution is 6.53. The fourth-order valence-electron chi connectivity index (χ4n) is 1.000. The summed E-state index contributed by atoms with van der Waals surface area (Å²) in [5, 5.41) is 0. The number of hydrogen-bond donors (Lipinski definition) is 0. The zero-order valence-electron chi connectivity index (χ0n) is 10.3. The molecule has 0 N–H and O–H groups in total. The smallest absolute Gasteiger partial charge is 0.485 e. The molecule has 0 radical (unpaired) electrons. The molecule has 0 fully saturated rings. The molecule has 0 spiro atoms. The maximum absolute atomic E-state index is 5.64. The monoisotopic (exact) mass is 234 g/mol. The Balaban J connectivity index is 4.59. The van der Waals surface area contributed by atoms with Crippen LogP contribution in [0.15, 0.2) is 11.8 Å². The maximum Gasteiger partial charge on any atom is 0.749 e. The first kappa shape index (κ1) is 14.6. The molecule has 90 valence electrons. The van der Waals surface area contributed by atoms with E-state index in [4.69, 9.17) is 17.7 Å². The molecule has 0 aromatic heterocycles. The van der Waals surface area contributed by atoms with Crippen molar-refractivity contribution in [2.45, 2.75) is 34.6 Å². The molecule has 15 heavy (non-hydrogen) atoms. The molecule has 0 rings (SSSR count). The average molecular weight is 234 g/mol. The first-order valence-corrected chi connectivity index (χ1v) is 7.01. The lowest BCUT2D eigenvalue weighted by Gasteiger charge is -2.27. The average Bonchev–Trinajstić information content (AvgIpc) is 2.18. The van der Waals surface area contributed by atoms with Crippen LogP contribution in [0.4, 0.5) is 0 Å². The quantitative estimate of drug-likeness (QED) is 0.477. The van der Waals surface area contributed by atoms with Crippen LogP contribution in [-0.2, 0) is 17.7 Å². The van der Waals surface area contributed by atoms with Crippen molar-refractivity contribution in [1.29, 1.82) is 0 Å². The predicted molar refractivity (Wildman–Crippen MR) is 61.1 cm³/mol. The van der Waals surface area contributed by atoms with Gasteiger partial charge in [0.25, 0.3) is 0 Å². The Bertz CT molecular complexity index is 177. The Morgan fingerprint density at radius 1 is 1.00 bits per heavy atom. The zero-order chi connectivity index (χ0) is 11.7. The van der Waals surface area contributed by atoms with Crippen LogP contribution in [0.1, 0.15) is 34.6 Å². The van der Waals surface area contributed by atoms with Crippen molar-refractivity contribution in [3.63, 3.8) is 0 Å². The fraction of sp³-hybridized carbons (Fsp3) is 0.800. The molecule has 0 aliphatic heterocycles. The van der Waals surface area contributed by atoms with Crippen LogP contribution in [0.2, 0.25) is 0 Å². The zero-order valence-corrected chi connectivity index (χ0v) is 11.3. The Labute approximate surface area is 93.7 Å². The highest BCUT2D eigenvalue weighted by Crippen LogP contribution is 2.16. The van der Waals surface area contributed by atoms with Crippen molar-refractivity contribution in [3.05, 3.63) is 11.8 Å². The van der Waals surface area contributed by atoms with Crippen LogP contribution in [0.5, 0.6) is 0 Å². The minimum absolute atomic E-state index is 0.517. The molecular weight excluding hydrogens is 212 g/mol. The molecule has 4 nitrogen and oxygen atoms in total. The predicted octanol–water partition coefficient (Wildman–Crippen LogP) is 2.47. The number of allylic oxidation sites excluding steroid dienone is 2. The van der Waals surface area contributed by atoms with E-state index in [0.29, 0.717) is 19.8 Å². The van der Waals surface area contributed by atoms with E-state index in [2.05, 4.69) is 0 Å². The lowest BCUT2D eigenvalue weighted by Crippen LogP contribution is -2.48. The Kier molecular flexibility index (Phi) is 7.68. The molecule has 0 aliphatic rings. The van der Waals surface area contributed by atoms with Crippen LogP contribution >= 0.6 is 0 Å². The van der Waals surface area contributed by atoms with Gasteiger partial charge in [0.15, 0.2) is 0 Å². The summed E-state index contributed by atoms with van der Waals surface area (Å²) in [6.07, 6.45) is 1.86. The Morgan fingerprint density at radius 3 is 1.67 bits per heavy atom. The van der Waals surface area contributed by atoms with E-state index in [1.807, 2.05) is 40.7 Å². The van der Waals surface area contributed by atoms with E-state index in [1.54, 1.807) is 0 Å². The molecule has 5 heteroatoms. The third-order valence-corrected chi connectivity index (χ3v) is 4.15. The summed E-state index contributed by atoms with van der Waals surface area (Å²) >= 11 is 0. The maximum atomic E-state index is 5.64. The molecular formula is C10H22O4Si. The molecule has 0 bridgehead atoms. The number of hydrogen-bond acceptors (Lipinski definition) is 4. The van der Waals surface area contributed by atoms with Gasteiger partial charge in [-0.2, -0.15) is 0 Å². The lowest BCUT2D eigenvalue weighted by atomic mass is 10.5. The molecule has 0 heterocycles. The topological polar surface area (TPSA) is 36.9 Å². The first-order valence-electron chi connectivity index (χ1n) is 5.37. The molecule has 0 amide bonds. The Hall–Kier alpha value is -0.363. The van der Waals surface area contributed by atoms with E-state index in [9.17, 15) is 0 Å². The standard InChI is InChI=1S/C10H22O4Si/c1-6-10(5)14-15(11-7-2,12-8-3)13-9-4/h6H,7-9H2,1-5H3. The Morgan fingerprint density at radius 2 is 1.40 bits per heavy atom. The van der Waals surface area contributed by atoms with Crippen molar-refractivity contribution in [2.75, 3.05) is 19.8 Å². The van der Waals surface area contributed by atoms with Gasteiger partial charge in [-0.05, 0) is 34.6 Å². The van der Waals surface area contributed by atoms with Crippen molar-refractivity contribution < 1.29 is 17.7 Å². The normalized spacial score (nSPS) is 13.0. The molecule has 0 saturated heterocycles. The highest BCUT2D eigenvalue weighted by Gasteiger charge is 2.47. The van der Waals surface area contributed by atoms with E-state index in [1.165, 1.54) is 0 Å². The van der Waals surface area contributed by atoms with Gasteiger partial charge in [0.2, 0.25) is 0 Å². The largest absolute Gasteiger partial charge is 0.749 e. The minimum Gasteiger partial charge on any atom is -0.485 e. The lowest BCUT2D eigenvalue weighted by molar-refractivity contribution is -0.00986. The first-order chi connectivity index (χ1) is 7.14.